The number of aryl methyl sites for hydroxylation is 1. The quantitative estimate of drug-likeness (QED) is 0.712. The minimum atomic E-state index is 0.535. The van der Waals surface area contributed by atoms with E-state index < -0.39 is 0 Å². The van der Waals surface area contributed by atoms with Crippen LogP contribution in [0.5, 0.6) is 11.5 Å². The Balaban J connectivity index is 2.22. The number of hydrogen-bond donors (Lipinski definition) is 2. The molecule has 22 heavy (non-hydrogen) atoms. The Morgan fingerprint density at radius 1 is 1.32 bits per heavy atom. The third-order valence-corrected chi connectivity index (χ3v) is 3.80. The lowest BCUT2D eigenvalue weighted by molar-refractivity contribution is 0.286. The molecule has 1 aromatic carbocycles. The van der Waals surface area contributed by atoms with Gasteiger partial charge in [0.15, 0.2) is 11.5 Å². The van der Waals surface area contributed by atoms with E-state index in [9.17, 15) is 0 Å². The minimum absolute atomic E-state index is 0.535. The van der Waals surface area contributed by atoms with Crippen molar-refractivity contribution in [1.82, 2.24) is 14.9 Å². The van der Waals surface area contributed by atoms with Crippen molar-refractivity contribution in [2.24, 2.45) is 0 Å². The monoisotopic (exact) mass is 386 g/mol. The van der Waals surface area contributed by atoms with E-state index in [-0.39, 0.29) is 0 Å². The Kier molecular flexibility index (Phi) is 5.84. The summed E-state index contributed by atoms with van der Waals surface area (Å²) in [4.78, 5) is 0. The first kappa shape index (κ1) is 16.8. The number of ether oxygens (including phenoxy) is 2. The fourth-order valence-corrected chi connectivity index (χ4v) is 2.85. The van der Waals surface area contributed by atoms with Gasteiger partial charge in [0.2, 0.25) is 4.77 Å². The summed E-state index contributed by atoms with van der Waals surface area (Å²) < 4.78 is 14.4. The highest BCUT2D eigenvalue weighted by Crippen LogP contribution is 2.37. The summed E-state index contributed by atoms with van der Waals surface area (Å²) in [7, 11) is 0. The van der Waals surface area contributed by atoms with E-state index in [2.05, 4.69) is 31.6 Å². The van der Waals surface area contributed by atoms with Crippen LogP contribution in [0.4, 0.5) is 0 Å². The van der Waals surface area contributed by atoms with Crippen LogP contribution in [0.15, 0.2) is 16.6 Å². The van der Waals surface area contributed by atoms with E-state index in [1.54, 1.807) is 4.68 Å². The van der Waals surface area contributed by atoms with Crippen LogP contribution in [0.25, 0.3) is 0 Å². The molecule has 1 aromatic heterocycles. The summed E-state index contributed by atoms with van der Waals surface area (Å²) >= 11 is 8.70. The molecule has 8 heteroatoms. The Bertz CT molecular complexity index is 699. The highest BCUT2D eigenvalue weighted by atomic mass is 79.9. The number of aromatic amines is 1. The maximum atomic E-state index is 5.67. The van der Waals surface area contributed by atoms with Gasteiger partial charge >= 0.3 is 0 Å². The van der Waals surface area contributed by atoms with Crippen LogP contribution in [0, 0.1) is 11.7 Å². The second kappa shape index (κ2) is 7.64. The van der Waals surface area contributed by atoms with Crippen LogP contribution < -0.4 is 14.9 Å². The topological polar surface area (TPSA) is 64.1 Å². The van der Waals surface area contributed by atoms with Gasteiger partial charge in [0.05, 0.1) is 24.2 Å². The number of halogens is 1. The first-order valence-corrected chi connectivity index (χ1v) is 8.22. The van der Waals surface area contributed by atoms with Gasteiger partial charge < -0.3 is 14.9 Å². The standard InChI is InChI=1S/C14H19BrN4O2S/c1-4-20-12-7-10(6-11(15)13(12)21-5-2)8-16-19-9(3)17-18-14(19)22/h6-7,16H,4-5,8H2,1-3H3,(H,18,22). The molecule has 2 N–H and O–H groups in total. The zero-order valence-corrected chi connectivity index (χ0v) is 15.2. The van der Waals surface area contributed by atoms with Gasteiger partial charge in [-0.05, 0) is 66.6 Å². The normalized spacial score (nSPS) is 10.5. The molecule has 2 aromatic rings. The Morgan fingerprint density at radius 2 is 2.05 bits per heavy atom. The van der Waals surface area contributed by atoms with E-state index in [0.717, 1.165) is 27.4 Å². The van der Waals surface area contributed by atoms with Crippen molar-refractivity contribution < 1.29 is 9.47 Å². The maximum absolute atomic E-state index is 5.67. The van der Waals surface area contributed by atoms with E-state index in [4.69, 9.17) is 21.7 Å². The van der Waals surface area contributed by atoms with E-state index in [1.807, 2.05) is 32.9 Å². The molecule has 2 rings (SSSR count). The summed E-state index contributed by atoms with van der Waals surface area (Å²) in [6.07, 6.45) is 0. The van der Waals surface area contributed by atoms with Crippen molar-refractivity contribution in [3.05, 3.63) is 32.8 Å². The van der Waals surface area contributed by atoms with Gasteiger partial charge in [0, 0.05) is 0 Å². The van der Waals surface area contributed by atoms with Crippen molar-refractivity contribution in [1.29, 1.82) is 0 Å². The molecule has 0 saturated carbocycles. The van der Waals surface area contributed by atoms with Crippen molar-refractivity contribution >= 4 is 28.1 Å². The molecular weight excluding hydrogens is 368 g/mol. The molecule has 0 saturated heterocycles. The zero-order chi connectivity index (χ0) is 16.1. The molecule has 0 aliphatic rings. The number of benzene rings is 1. The summed E-state index contributed by atoms with van der Waals surface area (Å²) in [6.45, 7) is 7.51. The number of hydrogen-bond acceptors (Lipinski definition) is 5. The van der Waals surface area contributed by atoms with E-state index in [0.29, 0.717) is 24.5 Å². The number of nitrogens with zero attached hydrogens (tertiary/aromatic N) is 2. The van der Waals surface area contributed by atoms with Crippen LogP contribution in [0.2, 0.25) is 0 Å². The van der Waals surface area contributed by atoms with Gasteiger partial charge in [-0.15, -0.1) is 0 Å². The number of aromatic nitrogens is 3. The van der Waals surface area contributed by atoms with Gasteiger partial charge in [-0.2, -0.15) is 5.10 Å². The summed E-state index contributed by atoms with van der Waals surface area (Å²) in [6, 6.07) is 3.96. The van der Waals surface area contributed by atoms with Crippen molar-refractivity contribution in [3.63, 3.8) is 0 Å². The highest BCUT2D eigenvalue weighted by Gasteiger charge is 2.12. The number of H-pyrrole nitrogens is 1. The minimum Gasteiger partial charge on any atom is -0.490 e. The number of rotatable bonds is 7. The highest BCUT2D eigenvalue weighted by molar-refractivity contribution is 9.10. The summed E-state index contributed by atoms with van der Waals surface area (Å²) in [5.41, 5.74) is 4.27. The third kappa shape index (κ3) is 3.80. The van der Waals surface area contributed by atoms with Crippen LogP contribution >= 0.6 is 28.1 Å². The van der Waals surface area contributed by atoms with Gasteiger partial charge in [0.25, 0.3) is 0 Å². The SMILES string of the molecule is CCOc1cc(CNn2c(C)n[nH]c2=S)cc(Br)c1OCC. The Morgan fingerprint density at radius 3 is 2.64 bits per heavy atom. The van der Waals surface area contributed by atoms with Crippen LogP contribution in [0.1, 0.15) is 25.2 Å². The molecule has 0 amide bonds. The maximum Gasteiger partial charge on any atom is 0.214 e. The fourth-order valence-electron chi connectivity index (χ4n) is 2.00. The smallest absolute Gasteiger partial charge is 0.214 e. The van der Waals surface area contributed by atoms with E-state index in [1.165, 1.54) is 0 Å². The van der Waals surface area contributed by atoms with Crippen molar-refractivity contribution in [2.75, 3.05) is 18.6 Å². The van der Waals surface area contributed by atoms with E-state index >= 15 is 0 Å². The van der Waals surface area contributed by atoms with Gasteiger partial charge in [0.1, 0.15) is 5.82 Å². The van der Waals surface area contributed by atoms with Crippen LogP contribution in [0.3, 0.4) is 0 Å². The summed E-state index contributed by atoms with van der Waals surface area (Å²) in [5, 5.41) is 6.80. The lowest BCUT2D eigenvalue weighted by atomic mass is 10.2. The Labute approximate surface area is 142 Å². The molecule has 0 radical (unpaired) electrons. The van der Waals surface area contributed by atoms with Gasteiger partial charge in [-0.25, -0.2) is 4.68 Å². The molecule has 6 nitrogen and oxygen atoms in total. The zero-order valence-electron chi connectivity index (χ0n) is 12.8. The number of nitrogens with one attached hydrogen (secondary N) is 2. The molecule has 0 unspecified atom stereocenters. The first-order valence-electron chi connectivity index (χ1n) is 7.02. The van der Waals surface area contributed by atoms with Crippen molar-refractivity contribution in [3.8, 4) is 11.5 Å². The molecule has 0 spiro atoms. The second-order valence-corrected chi connectivity index (χ2v) is 5.76. The van der Waals surface area contributed by atoms with Crippen molar-refractivity contribution in [2.45, 2.75) is 27.3 Å². The molecule has 0 aliphatic heterocycles. The third-order valence-electron chi connectivity index (χ3n) is 2.94. The summed E-state index contributed by atoms with van der Waals surface area (Å²) in [5.74, 6) is 2.23. The largest absolute Gasteiger partial charge is 0.490 e. The lowest BCUT2D eigenvalue weighted by Gasteiger charge is -2.15. The fraction of sp³-hybridized carbons (Fsp3) is 0.429. The average molecular weight is 387 g/mol. The average Bonchev–Trinajstić information content (AvgIpc) is 2.80. The molecule has 0 aliphatic carbocycles. The van der Waals surface area contributed by atoms with Crippen LogP contribution in [-0.2, 0) is 6.54 Å². The van der Waals surface area contributed by atoms with Gasteiger partial charge in [-0.1, -0.05) is 0 Å². The molecule has 0 atom stereocenters. The first-order chi connectivity index (χ1) is 10.6. The molecule has 120 valence electrons. The lowest BCUT2D eigenvalue weighted by Crippen LogP contribution is -2.16. The molecule has 0 fully saturated rings. The van der Waals surface area contributed by atoms with Gasteiger partial charge in [-0.3, -0.25) is 5.10 Å². The Hall–Kier alpha value is -1.54. The molecule has 0 bridgehead atoms. The molecular formula is C14H19BrN4O2S. The van der Waals surface area contributed by atoms with Crippen LogP contribution in [-0.4, -0.2) is 28.1 Å². The predicted molar refractivity (Wildman–Crippen MR) is 91.7 cm³/mol. The second-order valence-electron chi connectivity index (χ2n) is 4.52. The molecule has 1 heterocycles. The predicted octanol–water partition coefficient (Wildman–Crippen LogP) is 3.55.